The molecule has 3 aromatic rings. The number of piperidine rings is 1. The first-order chi connectivity index (χ1) is 18.3. The lowest BCUT2D eigenvalue weighted by molar-refractivity contribution is -0.170. The third-order valence-corrected chi connectivity index (χ3v) is 8.54. The number of hydrogen-bond acceptors (Lipinski definition) is 4. The van der Waals surface area contributed by atoms with Crippen molar-refractivity contribution in [1.29, 1.82) is 0 Å². The summed E-state index contributed by atoms with van der Waals surface area (Å²) in [6.07, 6.45) is 4.93. The first kappa shape index (κ1) is 24.6. The molecule has 3 aliphatic rings. The van der Waals surface area contributed by atoms with Crippen LogP contribution < -0.4 is 4.90 Å². The van der Waals surface area contributed by atoms with E-state index in [0.717, 1.165) is 22.4 Å². The van der Waals surface area contributed by atoms with Crippen molar-refractivity contribution in [3.8, 4) is 11.1 Å². The zero-order valence-electron chi connectivity index (χ0n) is 21.7. The van der Waals surface area contributed by atoms with Gasteiger partial charge in [-0.3, -0.25) is 14.8 Å². The molecule has 0 radical (unpaired) electrons. The van der Waals surface area contributed by atoms with Crippen molar-refractivity contribution in [3.05, 3.63) is 71.8 Å². The van der Waals surface area contributed by atoms with Crippen LogP contribution in [0.2, 0.25) is 0 Å². The monoisotopic (exact) mass is 517 g/mol. The van der Waals surface area contributed by atoms with Crippen LogP contribution >= 0.6 is 0 Å². The van der Waals surface area contributed by atoms with Gasteiger partial charge in [0.2, 0.25) is 5.91 Å². The van der Waals surface area contributed by atoms with Gasteiger partial charge in [0.05, 0.1) is 36.9 Å². The highest BCUT2D eigenvalue weighted by molar-refractivity contribution is 5.96. The van der Waals surface area contributed by atoms with Gasteiger partial charge in [0.15, 0.2) is 0 Å². The van der Waals surface area contributed by atoms with Crippen LogP contribution in [-0.2, 0) is 16.1 Å². The van der Waals surface area contributed by atoms with Gasteiger partial charge < -0.3 is 14.5 Å². The molecule has 2 aromatic carbocycles. The van der Waals surface area contributed by atoms with Crippen LogP contribution in [0, 0.1) is 18.2 Å². The Labute approximate surface area is 221 Å². The number of anilines is 1. The number of likely N-dealkylation sites (tertiary alicyclic amines) is 1. The Morgan fingerprint density at radius 3 is 2.47 bits per heavy atom. The van der Waals surface area contributed by atoms with Gasteiger partial charge in [0.25, 0.3) is 0 Å². The maximum atomic E-state index is 14.4. The third kappa shape index (κ3) is 4.05. The molecule has 0 saturated carbocycles. The lowest BCUT2D eigenvalue weighted by Crippen LogP contribution is -2.59. The minimum absolute atomic E-state index is 0.0937. The highest BCUT2D eigenvalue weighted by atomic mass is 19.1. The molecule has 3 aliphatic heterocycles. The molecule has 1 aromatic heterocycles. The average molecular weight is 518 g/mol. The fraction of sp³-hybridized carbons (Fsp3) is 0.414. The minimum Gasteiger partial charge on any atom is -0.379 e. The second kappa shape index (κ2) is 9.23. The van der Waals surface area contributed by atoms with E-state index in [1.54, 1.807) is 19.2 Å². The van der Waals surface area contributed by atoms with E-state index in [1.165, 1.54) is 6.07 Å². The van der Waals surface area contributed by atoms with E-state index < -0.39 is 11.0 Å². The SMILES string of the molecule is Cc1c(F)cccc1CN1C(=O)N(c2ccc(-c3cn[nH]c3)cc2)CC12CCN(C(=O)C1(C)COC1)CC2. The van der Waals surface area contributed by atoms with Crippen LogP contribution in [0.5, 0.6) is 0 Å². The molecule has 198 valence electrons. The summed E-state index contributed by atoms with van der Waals surface area (Å²) in [5, 5.41) is 6.84. The molecule has 1 spiro atoms. The number of hydrogen-bond donors (Lipinski definition) is 1. The van der Waals surface area contributed by atoms with E-state index in [4.69, 9.17) is 4.74 Å². The maximum absolute atomic E-state index is 14.4. The number of aromatic amines is 1. The molecule has 0 unspecified atom stereocenters. The molecular weight excluding hydrogens is 485 g/mol. The number of urea groups is 1. The first-order valence-corrected chi connectivity index (χ1v) is 13.1. The number of benzene rings is 2. The minimum atomic E-state index is -0.452. The second-order valence-electron chi connectivity index (χ2n) is 11.1. The zero-order chi connectivity index (χ0) is 26.5. The van der Waals surface area contributed by atoms with Crippen molar-refractivity contribution in [2.24, 2.45) is 5.41 Å². The van der Waals surface area contributed by atoms with Crippen molar-refractivity contribution in [2.45, 2.75) is 38.8 Å². The van der Waals surface area contributed by atoms with Crippen molar-refractivity contribution in [2.75, 3.05) is 37.7 Å². The molecule has 6 rings (SSSR count). The van der Waals surface area contributed by atoms with Gasteiger partial charge in [-0.05, 0) is 61.6 Å². The van der Waals surface area contributed by atoms with Gasteiger partial charge in [-0.25, -0.2) is 9.18 Å². The maximum Gasteiger partial charge on any atom is 0.325 e. The number of rotatable bonds is 5. The molecule has 0 bridgehead atoms. The van der Waals surface area contributed by atoms with Crippen LogP contribution in [0.4, 0.5) is 14.9 Å². The molecule has 0 aliphatic carbocycles. The Hall–Kier alpha value is -3.72. The van der Waals surface area contributed by atoms with E-state index in [-0.39, 0.29) is 17.8 Å². The fourth-order valence-electron chi connectivity index (χ4n) is 5.94. The smallest absolute Gasteiger partial charge is 0.325 e. The summed E-state index contributed by atoms with van der Waals surface area (Å²) in [6, 6.07) is 12.8. The van der Waals surface area contributed by atoms with Crippen LogP contribution in [0.25, 0.3) is 11.1 Å². The quantitative estimate of drug-likeness (QED) is 0.545. The number of amides is 3. The van der Waals surface area contributed by atoms with Crippen LogP contribution in [0.3, 0.4) is 0 Å². The summed E-state index contributed by atoms with van der Waals surface area (Å²) in [4.78, 5) is 32.8. The summed E-state index contributed by atoms with van der Waals surface area (Å²) in [5.74, 6) is -0.145. The molecule has 8 nitrogen and oxygen atoms in total. The predicted octanol–water partition coefficient (Wildman–Crippen LogP) is 4.36. The standard InChI is InChI=1S/C29H32FN5O3/c1-20-22(4-3-5-25(20)30)16-35-27(37)34(24-8-6-21(7-9-24)23-14-31-32-15-23)17-29(35)10-12-33(13-11-29)26(36)28(2)18-38-19-28/h3-9,14-15H,10-13,16-19H2,1-2H3,(H,31,32). The highest BCUT2D eigenvalue weighted by Gasteiger charge is 2.53. The third-order valence-electron chi connectivity index (χ3n) is 8.54. The van der Waals surface area contributed by atoms with E-state index in [2.05, 4.69) is 10.2 Å². The molecular formula is C29H32FN5O3. The lowest BCUT2D eigenvalue weighted by atomic mass is 9.82. The van der Waals surface area contributed by atoms with E-state index >= 15 is 0 Å². The number of nitrogens with zero attached hydrogens (tertiary/aromatic N) is 4. The summed E-state index contributed by atoms with van der Waals surface area (Å²) in [6.45, 7) is 6.63. The summed E-state index contributed by atoms with van der Waals surface area (Å²) >= 11 is 0. The molecule has 3 saturated heterocycles. The highest BCUT2D eigenvalue weighted by Crippen LogP contribution is 2.41. The topological polar surface area (TPSA) is 81.8 Å². The Kier molecular flexibility index (Phi) is 5.98. The van der Waals surface area contributed by atoms with E-state index in [1.807, 2.05) is 58.2 Å². The van der Waals surface area contributed by atoms with Crippen LogP contribution in [0.15, 0.2) is 54.9 Å². The normalized spacial score (nSPS) is 20.2. The summed E-state index contributed by atoms with van der Waals surface area (Å²) < 4.78 is 19.7. The van der Waals surface area contributed by atoms with Gasteiger partial charge >= 0.3 is 6.03 Å². The molecule has 3 amide bonds. The molecule has 3 fully saturated rings. The lowest BCUT2D eigenvalue weighted by Gasteiger charge is -2.47. The predicted molar refractivity (Wildman–Crippen MR) is 141 cm³/mol. The molecule has 1 N–H and O–H groups in total. The summed E-state index contributed by atoms with van der Waals surface area (Å²) in [5.41, 5.74) is 3.27. The van der Waals surface area contributed by atoms with E-state index in [0.29, 0.717) is 57.8 Å². The van der Waals surface area contributed by atoms with Crippen molar-refractivity contribution >= 4 is 17.6 Å². The Morgan fingerprint density at radius 2 is 1.84 bits per heavy atom. The molecule has 4 heterocycles. The summed E-state index contributed by atoms with van der Waals surface area (Å²) in [7, 11) is 0. The largest absolute Gasteiger partial charge is 0.379 e. The second-order valence-corrected chi connectivity index (χ2v) is 11.1. The van der Waals surface area contributed by atoms with Gasteiger partial charge in [0.1, 0.15) is 5.82 Å². The Morgan fingerprint density at radius 1 is 1.11 bits per heavy atom. The number of carbonyl (C=O) groups is 2. The number of carbonyl (C=O) groups excluding carboxylic acids is 2. The number of halogens is 1. The van der Waals surface area contributed by atoms with Crippen molar-refractivity contribution in [3.63, 3.8) is 0 Å². The number of nitrogens with one attached hydrogen (secondary N) is 1. The molecule has 38 heavy (non-hydrogen) atoms. The van der Waals surface area contributed by atoms with Crippen LogP contribution in [-0.4, -0.2) is 70.3 Å². The number of H-pyrrole nitrogens is 1. The van der Waals surface area contributed by atoms with Gasteiger partial charge in [-0.1, -0.05) is 24.3 Å². The average Bonchev–Trinajstić information content (AvgIpc) is 3.54. The Balaban J connectivity index is 1.28. The Bertz CT molecular complexity index is 1350. The molecule has 9 heteroatoms. The fourth-order valence-corrected chi connectivity index (χ4v) is 5.94. The van der Waals surface area contributed by atoms with Crippen molar-refractivity contribution in [1.82, 2.24) is 20.0 Å². The number of ether oxygens (including phenoxy) is 1. The first-order valence-electron chi connectivity index (χ1n) is 13.1. The molecule has 0 atom stereocenters. The van der Waals surface area contributed by atoms with Gasteiger partial charge in [-0.15, -0.1) is 0 Å². The van der Waals surface area contributed by atoms with Crippen molar-refractivity contribution < 1.29 is 18.7 Å². The zero-order valence-corrected chi connectivity index (χ0v) is 21.7. The van der Waals surface area contributed by atoms with Gasteiger partial charge in [0, 0.05) is 37.1 Å². The number of aromatic nitrogens is 2. The van der Waals surface area contributed by atoms with Gasteiger partial charge in [-0.2, -0.15) is 5.10 Å². The van der Waals surface area contributed by atoms with E-state index in [9.17, 15) is 14.0 Å². The van der Waals surface area contributed by atoms with Crippen LogP contribution in [0.1, 0.15) is 30.9 Å².